The van der Waals surface area contributed by atoms with Gasteiger partial charge in [-0.15, -0.1) is 0 Å². The number of carbonyl (C=O) groups excluding carboxylic acids is 2. The quantitative estimate of drug-likeness (QED) is 0.330. The molecular weight excluding hydrogens is 562 g/mol. The van der Waals surface area contributed by atoms with Gasteiger partial charge in [-0.3, -0.25) is 4.79 Å². The number of likely N-dealkylation sites (tertiary alicyclic amines) is 1. The Hall–Kier alpha value is -4.21. The number of rotatable bonds is 5. The summed E-state index contributed by atoms with van der Waals surface area (Å²) in [5, 5.41) is 8.01. The van der Waals surface area contributed by atoms with Crippen LogP contribution in [0.25, 0.3) is 27.7 Å². The minimum absolute atomic E-state index is 0.0371. The third-order valence-electron chi connectivity index (χ3n) is 8.89. The number of aromatic nitrogens is 3. The largest absolute Gasteiger partial charge is 0.341 e. The SMILES string of the molecule is O=C(Cn1cc(-c2ccccc2Cl)c2c(C3=CCNCC3)ncnc21)N1CCC(N2CCc3ccccc3NC2=O)CC1. The normalized spacial score (nSPS) is 17.8. The van der Waals surface area contributed by atoms with Crippen molar-refractivity contribution in [1.29, 1.82) is 0 Å². The van der Waals surface area contributed by atoms with Crippen LogP contribution in [0.4, 0.5) is 10.5 Å². The first-order chi connectivity index (χ1) is 21.1. The smallest absolute Gasteiger partial charge is 0.322 e. The van der Waals surface area contributed by atoms with Crippen molar-refractivity contribution in [2.24, 2.45) is 0 Å². The van der Waals surface area contributed by atoms with Crippen LogP contribution in [0.1, 0.15) is 30.5 Å². The van der Waals surface area contributed by atoms with Crippen molar-refractivity contribution in [3.8, 4) is 11.1 Å². The highest BCUT2D eigenvalue weighted by atomic mass is 35.5. The molecule has 0 saturated carbocycles. The highest BCUT2D eigenvalue weighted by molar-refractivity contribution is 6.33. The van der Waals surface area contributed by atoms with E-state index >= 15 is 0 Å². The lowest BCUT2D eigenvalue weighted by Gasteiger charge is -2.38. The number of hydrogen-bond donors (Lipinski definition) is 2. The van der Waals surface area contributed by atoms with Crippen LogP contribution in [0.2, 0.25) is 5.02 Å². The number of halogens is 1. The van der Waals surface area contributed by atoms with E-state index < -0.39 is 0 Å². The zero-order valence-electron chi connectivity index (χ0n) is 23.9. The van der Waals surface area contributed by atoms with Crippen LogP contribution in [0, 0.1) is 0 Å². The maximum atomic E-state index is 13.7. The molecule has 4 aromatic rings. The van der Waals surface area contributed by atoms with E-state index in [9.17, 15) is 9.59 Å². The van der Waals surface area contributed by atoms with Crippen LogP contribution in [0.5, 0.6) is 0 Å². The van der Waals surface area contributed by atoms with Crippen molar-refractivity contribution in [2.45, 2.75) is 38.3 Å². The second-order valence-corrected chi connectivity index (χ2v) is 11.8. The van der Waals surface area contributed by atoms with Crippen LogP contribution in [-0.4, -0.2) is 75.0 Å². The van der Waals surface area contributed by atoms with Gasteiger partial charge in [0.15, 0.2) is 0 Å². The maximum absolute atomic E-state index is 13.7. The van der Waals surface area contributed by atoms with Crippen LogP contribution >= 0.6 is 11.6 Å². The number of para-hydroxylation sites is 1. The predicted octanol–water partition coefficient (Wildman–Crippen LogP) is 5.21. The average molecular weight is 596 g/mol. The molecule has 9 nitrogen and oxygen atoms in total. The number of urea groups is 1. The number of amides is 3. The van der Waals surface area contributed by atoms with Crippen molar-refractivity contribution in [2.75, 3.05) is 38.0 Å². The van der Waals surface area contributed by atoms with Crippen molar-refractivity contribution in [3.05, 3.63) is 83.4 Å². The van der Waals surface area contributed by atoms with Crippen molar-refractivity contribution >= 4 is 45.8 Å². The standard InChI is InChI=1S/C33H34ClN7O2/c34-27-7-3-2-6-25(27)26-19-40(32-30(26)31(36-21-37-32)23-9-14-35-15-10-23)20-29(42)39-16-12-24(13-17-39)41-18-11-22-5-1-4-8-28(22)38-33(41)43/h1-9,19,21,24,35H,10-18,20H2,(H,38,43). The Morgan fingerprint density at radius 1 is 0.977 bits per heavy atom. The Labute approximate surface area is 255 Å². The molecule has 220 valence electrons. The van der Waals surface area contributed by atoms with Gasteiger partial charge in [0.2, 0.25) is 5.91 Å². The van der Waals surface area contributed by atoms with E-state index in [2.05, 4.69) is 27.8 Å². The van der Waals surface area contributed by atoms with Gasteiger partial charge in [-0.25, -0.2) is 14.8 Å². The Balaban J connectivity index is 1.11. The summed E-state index contributed by atoms with van der Waals surface area (Å²) >= 11 is 6.68. The number of carbonyl (C=O) groups is 2. The zero-order valence-corrected chi connectivity index (χ0v) is 24.7. The van der Waals surface area contributed by atoms with Gasteiger partial charge in [0.05, 0.1) is 11.1 Å². The fraction of sp³-hybridized carbons (Fsp3) is 0.333. The monoisotopic (exact) mass is 595 g/mol. The summed E-state index contributed by atoms with van der Waals surface area (Å²) in [7, 11) is 0. The molecule has 3 aliphatic rings. The number of hydrogen-bond acceptors (Lipinski definition) is 5. The van der Waals surface area contributed by atoms with E-state index in [0.717, 1.165) is 77.9 Å². The number of piperidine rings is 1. The molecule has 1 fully saturated rings. The van der Waals surface area contributed by atoms with Gasteiger partial charge in [-0.1, -0.05) is 54.1 Å². The summed E-state index contributed by atoms with van der Waals surface area (Å²) < 4.78 is 1.94. The minimum Gasteiger partial charge on any atom is -0.341 e. The first-order valence-electron chi connectivity index (χ1n) is 15.0. The molecular formula is C33H34ClN7O2. The molecule has 7 rings (SSSR count). The number of anilines is 1. The predicted molar refractivity (Wildman–Crippen MR) is 169 cm³/mol. The first kappa shape index (κ1) is 27.6. The summed E-state index contributed by atoms with van der Waals surface area (Å²) in [5.41, 5.74) is 6.66. The van der Waals surface area contributed by atoms with Crippen LogP contribution in [0.3, 0.4) is 0 Å². The Kier molecular flexibility index (Phi) is 7.59. The van der Waals surface area contributed by atoms with E-state index in [-0.39, 0.29) is 24.5 Å². The lowest BCUT2D eigenvalue weighted by atomic mass is 9.98. The number of benzene rings is 2. The van der Waals surface area contributed by atoms with Gasteiger partial charge in [0, 0.05) is 60.3 Å². The Bertz CT molecular complexity index is 1720. The topological polar surface area (TPSA) is 95.4 Å². The number of nitrogens with one attached hydrogen (secondary N) is 2. The summed E-state index contributed by atoms with van der Waals surface area (Å²) in [6, 6.07) is 15.8. The molecule has 1 saturated heterocycles. The Morgan fingerprint density at radius 2 is 1.79 bits per heavy atom. The van der Waals surface area contributed by atoms with Gasteiger partial charge >= 0.3 is 6.03 Å². The van der Waals surface area contributed by atoms with Crippen LogP contribution in [0.15, 0.2) is 67.1 Å². The van der Waals surface area contributed by atoms with Gasteiger partial charge in [-0.05, 0) is 55.5 Å². The molecule has 2 N–H and O–H groups in total. The third-order valence-corrected chi connectivity index (χ3v) is 9.22. The fourth-order valence-electron chi connectivity index (χ4n) is 6.62. The lowest BCUT2D eigenvalue weighted by molar-refractivity contribution is -0.133. The van der Waals surface area contributed by atoms with E-state index in [1.54, 1.807) is 6.33 Å². The molecule has 0 bridgehead atoms. The molecule has 0 aliphatic carbocycles. The zero-order chi connectivity index (χ0) is 29.3. The molecule has 2 aromatic carbocycles. The molecule has 0 atom stereocenters. The third kappa shape index (κ3) is 5.39. The first-order valence-corrected chi connectivity index (χ1v) is 15.4. The Morgan fingerprint density at radius 3 is 2.60 bits per heavy atom. The molecule has 0 radical (unpaired) electrons. The summed E-state index contributed by atoms with van der Waals surface area (Å²) in [5.74, 6) is 0.0371. The van der Waals surface area contributed by atoms with Gasteiger partial charge in [0.25, 0.3) is 0 Å². The summed E-state index contributed by atoms with van der Waals surface area (Å²) in [6.45, 7) is 3.75. The molecule has 5 heterocycles. The van der Waals surface area contributed by atoms with E-state index in [1.165, 1.54) is 5.57 Å². The average Bonchev–Trinajstić information content (AvgIpc) is 3.31. The van der Waals surface area contributed by atoms with Crippen molar-refractivity contribution in [3.63, 3.8) is 0 Å². The van der Waals surface area contributed by atoms with E-state index in [1.807, 2.05) is 63.0 Å². The molecule has 3 amide bonds. The molecule has 0 unspecified atom stereocenters. The van der Waals surface area contributed by atoms with E-state index in [0.29, 0.717) is 24.7 Å². The minimum atomic E-state index is -0.0556. The van der Waals surface area contributed by atoms with Crippen molar-refractivity contribution in [1.82, 2.24) is 29.7 Å². The summed E-state index contributed by atoms with van der Waals surface area (Å²) in [4.78, 5) is 40.0. The highest BCUT2D eigenvalue weighted by Gasteiger charge is 2.32. The number of nitrogens with zero attached hydrogens (tertiary/aromatic N) is 5. The highest BCUT2D eigenvalue weighted by Crippen LogP contribution is 2.38. The van der Waals surface area contributed by atoms with Crippen LogP contribution in [-0.2, 0) is 17.8 Å². The second-order valence-electron chi connectivity index (χ2n) is 11.4. The maximum Gasteiger partial charge on any atom is 0.322 e. The molecule has 10 heteroatoms. The van der Waals surface area contributed by atoms with Gasteiger partial charge in [-0.2, -0.15) is 0 Å². The van der Waals surface area contributed by atoms with E-state index in [4.69, 9.17) is 16.6 Å². The van der Waals surface area contributed by atoms with Crippen LogP contribution < -0.4 is 10.6 Å². The summed E-state index contributed by atoms with van der Waals surface area (Å²) in [6.07, 6.45) is 8.96. The fourth-order valence-corrected chi connectivity index (χ4v) is 6.86. The van der Waals surface area contributed by atoms with Crippen molar-refractivity contribution < 1.29 is 9.59 Å². The molecule has 2 aromatic heterocycles. The molecule has 0 spiro atoms. The van der Waals surface area contributed by atoms with Gasteiger partial charge in [0.1, 0.15) is 18.5 Å². The lowest BCUT2D eigenvalue weighted by Crippen LogP contribution is -2.50. The second kappa shape index (κ2) is 11.8. The molecule has 43 heavy (non-hydrogen) atoms. The van der Waals surface area contributed by atoms with Gasteiger partial charge < -0.3 is 25.0 Å². The molecule has 3 aliphatic heterocycles. The number of fused-ring (bicyclic) bond motifs is 2.